The molecule has 0 saturated carbocycles. The molecule has 0 bridgehead atoms. The Morgan fingerprint density at radius 2 is 1.37 bits per heavy atom. The van der Waals surface area contributed by atoms with E-state index in [0.29, 0.717) is 0 Å². The quantitative estimate of drug-likeness (QED) is 0.196. The number of hydrogen-bond donors (Lipinski definition) is 0. The van der Waals surface area contributed by atoms with E-state index in [9.17, 15) is 0 Å². The van der Waals surface area contributed by atoms with Crippen LogP contribution in [0.25, 0.3) is 27.8 Å². The SMILES string of the molecule is CC1(C)c2ccccc2-c2ccc(N(c3ccccc3-c3ccccc3)C3C=CC=C(c4cccc(Br)c4)C3)cc21. The Bertz CT molecular complexity index is 1810. The van der Waals surface area contributed by atoms with E-state index < -0.39 is 0 Å². The van der Waals surface area contributed by atoms with E-state index in [2.05, 4.69) is 174 Å². The standard InChI is InChI=1S/C39H32BrN/c1-39(2)36-20-8-6-19-34(36)35-23-22-32(26-37(35)39)41(38-21-9-7-18-33(38)27-12-4-3-5-13-27)31-17-11-15-29(25-31)28-14-10-16-30(40)24-28/h3-24,26,31H,25H2,1-2H3. The summed E-state index contributed by atoms with van der Waals surface area (Å²) < 4.78 is 1.11. The Labute approximate surface area is 251 Å². The van der Waals surface area contributed by atoms with Crippen LogP contribution in [0.2, 0.25) is 0 Å². The first-order valence-electron chi connectivity index (χ1n) is 14.3. The number of anilines is 2. The molecule has 5 aromatic rings. The first-order valence-corrected chi connectivity index (χ1v) is 15.1. The second-order valence-electron chi connectivity index (χ2n) is 11.5. The van der Waals surface area contributed by atoms with Crippen LogP contribution in [0.1, 0.15) is 37.0 Å². The summed E-state index contributed by atoms with van der Waals surface area (Å²) in [7, 11) is 0. The molecule has 0 fully saturated rings. The number of benzene rings is 5. The molecule has 0 aliphatic heterocycles. The van der Waals surface area contributed by atoms with Gasteiger partial charge >= 0.3 is 0 Å². The fourth-order valence-electron chi connectivity index (χ4n) is 6.64. The third-order valence-electron chi connectivity index (χ3n) is 8.68. The molecular formula is C39H32BrN. The van der Waals surface area contributed by atoms with Gasteiger partial charge in [-0.05, 0) is 75.7 Å². The highest BCUT2D eigenvalue weighted by Gasteiger charge is 2.36. The Hall–Kier alpha value is -4.14. The Kier molecular flexibility index (Phi) is 6.52. The predicted octanol–water partition coefficient (Wildman–Crippen LogP) is 11.0. The van der Waals surface area contributed by atoms with Gasteiger partial charge < -0.3 is 4.90 Å². The second kappa shape index (κ2) is 10.4. The summed E-state index contributed by atoms with van der Waals surface area (Å²) in [4.78, 5) is 2.56. The van der Waals surface area contributed by atoms with Crippen molar-refractivity contribution in [1.82, 2.24) is 0 Å². The van der Waals surface area contributed by atoms with E-state index in [1.54, 1.807) is 0 Å². The van der Waals surface area contributed by atoms with Crippen molar-refractivity contribution < 1.29 is 0 Å². The molecule has 1 nitrogen and oxygen atoms in total. The minimum absolute atomic E-state index is 0.0592. The van der Waals surface area contributed by atoms with Crippen LogP contribution in [-0.2, 0) is 5.41 Å². The lowest BCUT2D eigenvalue weighted by molar-refractivity contribution is 0.659. The molecule has 0 saturated heterocycles. The van der Waals surface area contributed by atoms with Crippen LogP contribution < -0.4 is 4.90 Å². The summed E-state index contributed by atoms with van der Waals surface area (Å²) in [5, 5.41) is 0. The van der Waals surface area contributed by atoms with E-state index >= 15 is 0 Å². The highest BCUT2D eigenvalue weighted by molar-refractivity contribution is 9.10. The number of fused-ring (bicyclic) bond motifs is 3. The minimum atomic E-state index is -0.0592. The first kappa shape index (κ1) is 25.8. The first-order chi connectivity index (χ1) is 20.0. The minimum Gasteiger partial charge on any atom is -0.334 e. The Balaban J connectivity index is 1.38. The maximum absolute atomic E-state index is 3.68. The molecule has 1 unspecified atom stereocenters. The van der Waals surface area contributed by atoms with E-state index in [-0.39, 0.29) is 11.5 Å². The normalized spacial score (nSPS) is 16.6. The van der Waals surface area contributed by atoms with Gasteiger partial charge in [-0.25, -0.2) is 0 Å². The van der Waals surface area contributed by atoms with Crippen LogP contribution >= 0.6 is 15.9 Å². The van der Waals surface area contributed by atoms with Crippen LogP contribution in [0.3, 0.4) is 0 Å². The van der Waals surface area contributed by atoms with E-state index in [1.807, 2.05) is 0 Å². The lowest BCUT2D eigenvalue weighted by Crippen LogP contribution is -2.31. The lowest BCUT2D eigenvalue weighted by Gasteiger charge is -2.36. The monoisotopic (exact) mass is 593 g/mol. The van der Waals surface area contributed by atoms with Crippen molar-refractivity contribution in [2.24, 2.45) is 0 Å². The van der Waals surface area contributed by atoms with Gasteiger partial charge in [-0.1, -0.05) is 139 Å². The number of para-hydroxylation sites is 1. The fraction of sp³-hybridized carbons (Fsp3) is 0.128. The van der Waals surface area contributed by atoms with Gasteiger partial charge in [-0.2, -0.15) is 0 Å². The molecule has 41 heavy (non-hydrogen) atoms. The summed E-state index contributed by atoms with van der Waals surface area (Å²) in [6.45, 7) is 4.72. The topological polar surface area (TPSA) is 3.24 Å². The van der Waals surface area contributed by atoms with Crippen LogP contribution in [-0.4, -0.2) is 6.04 Å². The Morgan fingerprint density at radius 3 is 2.20 bits per heavy atom. The maximum atomic E-state index is 3.68. The van der Waals surface area contributed by atoms with Crippen LogP contribution in [0, 0.1) is 0 Å². The van der Waals surface area contributed by atoms with Gasteiger partial charge in [0.25, 0.3) is 0 Å². The summed E-state index contributed by atoms with van der Waals surface area (Å²) in [6.07, 6.45) is 7.77. The van der Waals surface area contributed by atoms with Crippen LogP contribution in [0.5, 0.6) is 0 Å². The molecule has 0 heterocycles. The van der Waals surface area contributed by atoms with E-state index in [0.717, 1.165) is 10.9 Å². The van der Waals surface area contributed by atoms with Crippen LogP contribution in [0.15, 0.2) is 144 Å². The molecule has 200 valence electrons. The lowest BCUT2D eigenvalue weighted by atomic mass is 9.82. The summed E-state index contributed by atoms with van der Waals surface area (Å²) >= 11 is 3.68. The molecule has 0 aromatic heterocycles. The van der Waals surface area contributed by atoms with E-state index in [1.165, 1.54) is 55.9 Å². The molecule has 2 heteroatoms. The summed E-state index contributed by atoms with van der Waals surface area (Å²) in [5.41, 5.74) is 12.9. The average molecular weight is 595 g/mol. The summed E-state index contributed by atoms with van der Waals surface area (Å²) in [5.74, 6) is 0. The largest absolute Gasteiger partial charge is 0.334 e. The van der Waals surface area contributed by atoms with Crippen molar-refractivity contribution in [2.45, 2.75) is 31.7 Å². The zero-order chi connectivity index (χ0) is 28.0. The zero-order valence-electron chi connectivity index (χ0n) is 23.4. The van der Waals surface area contributed by atoms with Gasteiger partial charge in [0.2, 0.25) is 0 Å². The Morgan fingerprint density at radius 1 is 0.659 bits per heavy atom. The fourth-order valence-corrected chi connectivity index (χ4v) is 7.04. The van der Waals surface area contributed by atoms with Crippen molar-refractivity contribution in [3.63, 3.8) is 0 Å². The van der Waals surface area contributed by atoms with Gasteiger partial charge in [-0.3, -0.25) is 0 Å². The molecule has 0 N–H and O–H groups in total. The number of nitrogens with zero attached hydrogens (tertiary/aromatic N) is 1. The number of allylic oxidation sites excluding steroid dienone is 2. The predicted molar refractivity (Wildman–Crippen MR) is 178 cm³/mol. The van der Waals surface area contributed by atoms with Crippen molar-refractivity contribution in [3.05, 3.63) is 161 Å². The smallest absolute Gasteiger partial charge is 0.0566 e. The average Bonchev–Trinajstić information content (AvgIpc) is 3.24. The maximum Gasteiger partial charge on any atom is 0.0566 e. The van der Waals surface area contributed by atoms with Gasteiger partial charge in [-0.15, -0.1) is 0 Å². The third kappa shape index (κ3) is 4.57. The second-order valence-corrected chi connectivity index (χ2v) is 12.4. The molecule has 7 rings (SSSR count). The highest BCUT2D eigenvalue weighted by atomic mass is 79.9. The van der Waals surface area contributed by atoms with Crippen molar-refractivity contribution in [1.29, 1.82) is 0 Å². The molecule has 1 atom stereocenters. The van der Waals surface area contributed by atoms with E-state index in [4.69, 9.17) is 0 Å². The summed E-state index contributed by atoms with van der Waals surface area (Å²) in [6, 6.07) is 44.4. The molecule has 2 aliphatic rings. The molecule has 0 spiro atoms. The number of hydrogen-bond acceptors (Lipinski definition) is 1. The molecule has 5 aromatic carbocycles. The van der Waals surface area contributed by atoms with Gasteiger partial charge in [0.05, 0.1) is 6.04 Å². The molecule has 0 amide bonds. The van der Waals surface area contributed by atoms with Crippen molar-refractivity contribution in [2.75, 3.05) is 4.90 Å². The van der Waals surface area contributed by atoms with Crippen molar-refractivity contribution in [3.8, 4) is 22.3 Å². The van der Waals surface area contributed by atoms with Gasteiger partial charge in [0.15, 0.2) is 0 Å². The number of rotatable bonds is 5. The molecule has 2 aliphatic carbocycles. The highest BCUT2D eigenvalue weighted by Crippen LogP contribution is 2.50. The zero-order valence-corrected chi connectivity index (χ0v) is 25.0. The molecule has 0 radical (unpaired) electrons. The van der Waals surface area contributed by atoms with Gasteiger partial charge in [0.1, 0.15) is 0 Å². The van der Waals surface area contributed by atoms with Crippen molar-refractivity contribution >= 4 is 32.9 Å². The third-order valence-corrected chi connectivity index (χ3v) is 9.17. The number of halogens is 1. The van der Waals surface area contributed by atoms with Crippen LogP contribution in [0.4, 0.5) is 11.4 Å². The molecular weight excluding hydrogens is 562 g/mol. The van der Waals surface area contributed by atoms with Gasteiger partial charge in [0, 0.05) is 26.8 Å².